The van der Waals surface area contributed by atoms with Crippen LogP contribution in [0.1, 0.15) is 17.2 Å². The number of nitro groups is 1. The van der Waals surface area contributed by atoms with E-state index in [4.69, 9.17) is 4.74 Å². The quantitative estimate of drug-likeness (QED) is 0.445. The minimum Gasteiger partial charge on any atom is -0.494 e. The van der Waals surface area contributed by atoms with Gasteiger partial charge < -0.3 is 15.0 Å². The first-order chi connectivity index (χ1) is 14.5. The number of benzene rings is 3. The van der Waals surface area contributed by atoms with Crippen molar-refractivity contribution >= 4 is 17.3 Å². The van der Waals surface area contributed by atoms with Crippen LogP contribution in [0.15, 0.2) is 78.9 Å². The third kappa shape index (κ3) is 5.01. The van der Waals surface area contributed by atoms with Crippen LogP contribution in [0.25, 0.3) is 0 Å². The average molecular weight is 406 g/mol. The van der Waals surface area contributed by atoms with Gasteiger partial charge in [0.15, 0.2) is 6.54 Å². The van der Waals surface area contributed by atoms with Crippen LogP contribution in [0.4, 0.5) is 11.4 Å². The number of hydrogen-bond acceptors (Lipinski definition) is 4. The fourth-order valence-corrected chi connectivity index (χ4v) is 3.50. The molecule has 1 atom stereocenters. The van der Waals surface area contributed by atoms with Crippen LogP contribution in [0, 0.1) is 10.1 Å². The highest BCUT2D eigenvalue weighted by Crippen LogP contribution is 2.28. The number of ether oxygens (including phenoxy) is 1. The Kier molecular flexibility index (Phi) is 6.77. The van der Waals surface area contributed by atoms with Crippen molar-refractivity contribution in [1.29, 1.82) is 0 Å². The first kappa shape index (κ1) is 21.0. The first-order valence-corrected chi connectivity index (χ1v) is 9.54. The predicted octanol–water partition coefficient (Wildman–Crippen LogP) is 2.85. The molecule has 0 saturated carbocycles. The van der Waals surface area contributed by atoms with Gasteiger partial charge >= 0.3 is 0 Å². The van der Waals surface area contributed by atoms with Gasteiger partial charge in [-0.15, -0.1) is 0 Å². The van der Waals surface area contributed by atoms with Crippen molar-refractivity contribution in [3.05, 3.63) is 100 Å². The Balaban J connectivity index is 1.79. The van der Waals surface area contributed by atoms with Crippen LogP contribution in [-0.2, 0) is 4.79 Å². The highest BCUT2D eigenvalue weighted by atomic mass is 16.6. The van der Waals surface area contributed by atoms with Crippen LogP contribution in [0.3, 0.4) is 0 Å². The Hall–Kier alpha value is -3.71. The number of carbonyl (C=O) groups is 1. The average Bonchev–Trinajstić information content (AvgIpc) is 2.75. The van der Waals surface area contributed by atoms with Crippen molar-refractivity contribution in [2.75, 3.05) is 26.0 Å². The van der Waals surface area contributed by atoms with Crippen LogP contribution in [-0.4, -0.2) is 31.5 Å². The monoisotopic (exact) mass is 406 g/mol. The molecule has 0 spiro atoms. The van der Waals surface area contributed by atoms with E-state index in [1.54, 1.807) is 0 Å². The number of nitrogens with zero attached hydrogens (tertiary/aromatic N) is 1. The maximum absolute atomic E-state index is 12.8. The molecule has 7 nitrogen and oxygen atoms in total. The highest BCUT2D eigenvalue weighted by Gasteiger charge is 2.25. The van der Waals surface area contributed by atoms with E-state index in [2.05, 4.69) is 29.6 Å². The molecule has 2 N–H and O–H groups in total. The molecule has 1 amide bonds. The summed E-state index contributed by atoms with van der Waals surface area (Å²) in [6, 6.07) is 24.2. The maximum Gasteiger partial charge on any atom is 0.279 e. The van der Waals surface area contributed by atoms with Gasteiger partial charge in [0.1, 0.15) is 11.8 Å². The van der Waals surface area contributed by atoms with Gasteiger partial charge in [-0.25, -0.2) is 0 Å². The Morgan fingerprint density at radius 1 is 1.03 bits per heavy atom. The van der Waals surface area contributed by atoms with Gasteiger partial charge in [0.25, 0.3) is 11.6 Å². The molecule has 0 bridgehead atoms. The number of nitrogens with one attached hydrogen (secondary N) is 2. The van der Waals surface area contributed by atoms with Crippen molar-refractivity contribution in [2.24, 2.45) is 0 Å². The van der Waals surface area contributed by atoms with Crippen LogP contribution in [0.5, 0.6) is 5.75 Å². The molecular formula is C23H24N3O4+. The van der Waals surface area contributed by atoms with Crippen molar-refractivity contribution in [3.8, 4) is 5.75 Å². The van der Waals surface area contributed by atoms with E-state index in [1.807, 2.05) is 43.4 Å². The van der Waals surface area contributed by atoms with Gasteiger partial charge in [-0.05, 0) is 6.07 Å². The number of nitro benzene ring substituents is 1. The van der Waals surface area contributed by atoms with E-state index in [0.717, 1.165) is 16.0 Å². The summed E-state index contributed by atoms with van der Waals surface area (Å²) >= 11 is 0. The summed E-state index contributed by atoms with van der Waals surface area (Å²) in [5.41, 5.74) is 2.53. The van der Waals surface area contributed by atoms with Crippen LogP contribution >= 0.6 is 0 Å². The van der Waals surface area contributed by atoms with Crippen molar-refractivity contribution in [1.82, 2.24) is 0 Å². The lowest BCUT2D eigenvalue weighted by Gasteiger charge is -2.25. The fourth-order valence-electron chi connectivity index (χ4n) is 3.50. The first-order valence-electron chi connectivity index (χ1n) is 9.54. The molecule has 154 valence electrons. The molecule has 3 rings (SSSR count). The number of amides is 1. The summed E-state index contributed by atoms with van der Waals surface area (Å²) < 4.78 is 5.20. The van der Waals surface area contributed by atoms with Crippen molar-refractivity contribution in [2.45, 2.75) is 6.04 Å². The Bertz CT molecular complexity index is 970. The summed E-state index contributed by atoms with van der Waals surface area (Å²) in [4.78, 5) is 24.2. The summed E-state index contributed by atoms with van der Waals surface area (Å²) in [6.07, 6.45) is 0. The number of methoxy groups -OCH3 is 1. The third-order valence-corrected chi connectivity index (χ3v) is 4.87. The van der Waals surface area contributed by atoms with Crippen LogP contribution in [0.2, 0.25) is 0 Å². The standard InChI is InChI=1S/C23H23N3O4/c1-25(23(17-9-5-3-6-10-17)18-11-7-4-8-12-18)16-22(27)24-20-14-13-19(26(28)29)15-21(20)30-2/h3-15,23H,16H2,1-2H3,(H,24,27)/p+1. The Morgan fingerprint density at radius 3 is 2.10 bits per heavy atom. The van der Waals surface area contributed by atoms with Crippen LogP contribution < -0.4 is 15.0 Å². The molecule has 0 aliphatic rings. The molecule has 0 fully saturated rings. The summed E-state index contributed by atoms with van der Waals surface area (Å²) in [6.45, 7) is 0.203. The minimum absolute atomic E-state index is 0.0168. The van der Waals surface area contributed by atoms with Gasteiger partial charge in [-0.2, -0.15) is 0 Å². The predicted molar refractivity (Wildman–Crippen MR) is 115 cm³/mol. The third-order valence-electron chi connectivity index (χ3n) is 4.87. The number of hydrogen-bond donors (Lipinski definition) is 2. The topological polar surface area (TPSA) is 85.9 Å². The van der Waals surface area contributed by atoms with Gasteiger partial charge in [-0.1, -0.05) is 60.7 Å². The second-order valence-corrected chi connectivity index (χ2v) is 6.97. The lowest BCUT2D eigenvalue weighted by atomic mass is 9.97. The summed E-state index contributed by atoms with van der Waals surface area (Å²) in [5, 5.41) is 13.8. The molecule has 3 aromatic rings. The minimum atomic E-state index is -0.504. The molecule has 30 heavy (non-hydrogen) atoms. The lowest BCUT2D eigenvalue weighted by Crippen LogP contribution is -3.10. The number of rotatable bonds is 8. The van der Waals surface area contributed by atoms with E-state index in [0.29, 0.717) is 5.69 Å². The van der Waals surface area contributed by atoms with Gasteiger partial charge in [0.2, 0.25) is 0 Å². The highest BCUT2D eigenvalue weighted by molar-refractivity contribution is 5.93. The zero-order chi connectivity index (χ0) is 21.5. The second kappa shape index (κ2) is 9.67. The number of carbonyl (C=O) groups excluding carboxylic acids is 1. The number of anilines is 1. The molecule has 7 heteroatoms. The van der Waals surface area contributed by atoms with E-state index in [9.17, 15) is 14.9 Å². The van der Waals surface area contributed by atoms with E-state index >= 15 is 0 Å². The molecule has 1 unspecified atom stereocenters. The number of quaternary nitrogens is 1. The second-order valence-electron chi connectivity index (χ2n) is 6.97. The zero-order valence-electron chi connectivity index (χ0n) is 16.9. The largest absolute Gasteiger partial charge is 0.494 e. The zero-order valence-corrected chi connectivity index (χ0v) is 16.9. The van der Waals surface area contributed by atoms with Gasteiger partial charge in [-0.3, -0.25) is 14.9 Å². The van der Waals surface area contributed by atoms with E-state index in [1.165, 1.54) is 25.3 Å². The maximum atomic E-state index is 12.8. The van der Waals surface area contributed by atoms with Gasteiger partial charge in [0.05, 0.1) is 30.8 Å². The molecule has 0 heterocycles. The Morgan fingerprint density at radius 2 is 1.60 bits per heavy atom. The number of non-ortho nitro benzene ring substituents is 1. The summed E-state index contributed by atoms with van der Waals surface area (Å²) in [5.74, 6) is 0.0365. The molecule has 3 aromatic carbocycles. The van der Waals surface area contributed by atoms with Crippen molar-refractivity contribution in [3.63, 3.8) is 0 Å². The fraction of sp³-hybridized carbons (Fsp3) is 0.174. The summed E-state index contributed by atoms with van der Waals surface area (Å²) in [7, 11) is 3.38. The van der Waals surface area contributed by atoms with Gasteiger partial charge in [0, 0.05) is 17.2 Å². The Labute approximate surface area is 175 Å². The molecule has 0 saturated heterocycles. The van der Waals surface area contributed by atoms with E-state index < -0.39 is 4.92 Å². The molecule has 0 radical (unpaired) electrons. The van der Waals surface area contributed by atoms with Crippen molar-refractivity contribution < 1.29 is 19.4 Å². The van der Waals surface area contributed by atoms with E-state index in [-0.39, 0.29) is 29.9 Å². The number of likely N-dealkylation sites (N-methyl/N-ethyl adjacent to an activating group) is 1. The molecule has 0 aromatic heterocycles. The lowest BCUT2D eigenvalue weighted by molar-refractivity contribution is -0.897. The molecule has 0 aliphatic carbocycles. The molecule has 0 aliphatic heterocycles. The SMILES string of the molecule is COc1cc([N+](=O)[O-])ccc1NC(=O)C[NH+](C)C(c1ccccc1)c1ccccc1. The molecular weight excluding hydrogens is 382 g/mol. The smallest absolute Gasteiger partial charge is 0.279 e. The normalized spacial score (nSPS) is 11.7.